The summed E-state index contributed by atoms with van der Waals surface area (Å²) in [5, 5.41) is 14.3. The van der Waals surface area contributed by atoms with Gasteiger partial charge in [0.05, 0.1) is 0 Å². The van der Waals surface area contributed by atoms with Gasteiger partial charge in [0.25, 0.3) is 0 Å². The Morgan fingerprint density at radius 2 is 1.72 bits per heavy atom. The summed E-state index contributed by atoms with van der Waals surface area (Å²) in [6.45, 7) is 6.54. The zero-order valence-corrected chi connectivity index (χ0v) is 15.6. The number of benzene rings is 2. The average Bonchev–Trinajstić information content (AvgIpc) is 2.58. The van der Waals surface area contributed by atoms with Crippen LogP contribution in [0.4, 0.5) is 0 Å². The molecule has 0 saturated carbocycles. The van der Waals surface area contributed by atoms with Crippen molar-refractivity contribution in [1.29, 1.82) is 0 Å². The molecule has 0 N–H and O–H groups in total. The summed E-state index contributed by atoms with van der Waals surface area (Å²) in [5.74, 6) is 0.0652. The van der Waals surface area contributed by atoms with Gasteiger partial charge in [-0.2, -0.15) is 0 Å². The van der Waals surface area contributed by atoms with Gasteiger partial charge in [-0.05, 0) is 57.3 Å². The van der Waals surface area contributed by atoms with Crippen molar-refractivity contribution in [1.82, 2.24) is 0 Å². The van der Waals surface area contributed by atoms with Crippen molar-refractivity contribution >= 4 is 24.6 Å². The van der Waals surface area contributed by atoms with E-state index in [1.165, 1.54) is 5.56 Å². The maximum Gasteiger partial charge on any atom is 0.178 e. The molecule has 0 bridgehead atoms. The van der Waals surface area contributed by atoms with Crippen LogP contribution in [0.15, 0.2) is 71.5 Å². The molecule has 0 aromatic heterocycles. The number of rotatable bonds is 1. The third kappa shape index (κ3) is 2.35. The minimum atomic E-state index is -2.11. The van der Waals surface area contributed by atoms with Crippen molar-refractivity contribution in [3.05, 3.63) is 88.2 Å². The normalized spacial score (nSPS) is 17.9. The molecule has 124 valence electrons. The van der Waals surface area contributed by atoms with Gasteiger partial charge in [-0.1, -0.05) is 61.6 Å². The van der Waals surface area contributed by atoms with Crippen molar-refractivity contribution in [2.75, 3.05) is 0 Å². The van der Waals surface area contributed by atoms with Crippen molar-refractivity contribution in [3.8, 4) is 5.75 Å². The van der Waals surface area contributed by atoms with E-state index in [1.54, 1.807) is 24.3 Å². The first-order valence-corrected chi connectivity index (χ1v) is 11.5. The molecule has 1 heterocycles. The van der Waals surface area contributed by atoms with Gasteiger partial charge in [0.1, 0.15) is 8.07 Å². The Kier molecular flexibility index (Phi) is 3.44. The first-order chi connectivity index (χ1) is 11.9. The van der Waals surface area contributed by atoms with E-state index >= 15 is 0 Å². The lowest BCUT2D eigenvalue weighted by molar-refractivity contribution is -0.268. The Labute approximate surface area is 148 Å². The highest BCUT2D eigenvalue weighted by molar-refractivity contribution is 6.98. The van der Waals surface area contributed by atoms with E-state index in [0.717, 1.165) is 32.7 Å². The van der Waals surface area contributed by atoms with Crippen LogP contribution < -0.4 is 10.3 Å². The summed E-state index contributed by atoms with van der Waals surface area (Å²) < 4.78 is 0. The zero-order chi connectivity index (χ0) is 17.8. The molecule has 2 nitrogen and oxygen atoms in total. The molecular formula is C22H19O2Si-. The van der Waals surface area contributed by atoms with Crippen LogP contribution in [0.25, 0.3) is 5.57 Å². The molecule has 0 saturated heterocycles. The maximum absolute atomic E-state index is 12.1. The number of carbonyl (C=O) groups excluding carboxylic acids is 1. The molecule has 3 heteroatoms. The number of allylic oxidation sites excluding steroid dienone is 5. The van der Waals surface area contributed by atoms with Gasteiger partial charge in [0.15, 0.2) is 5.78 Å². The summed E-state index contributed by atoms with van der Waals surface area (Å²) in [6, 6.07) is 13.7. The van der Waals surface area contributed by atoms with E-state index in [2.05, 4.69) is 32.2 Å². The average molecular weight is 343 g/mol. The van der Waals surface area contributed by atoms with Crippen molar-refractivity contribution in [3.63, 3.8) is 0 Å². The summed E-state index contributed by atoms with van der Waals surface area (Å²) in [7, 11) is -2.11. The van der Waals surface area contributed by atoms with Gasteiger partial charge in [-0.25, -0.2) is 0 Å². The Hall–Kier alpha value is -2.65. The molecular weight excluding hydrogens is 324 g/mol. The van der Waals surface area contributed by atoms with E-state index in [1.807, 2.05) is 24.3 Å². The van der Waals surface area contributed by atoms with E-state index in [9.17, 15) is 9.90 Å². The Morgan fingerprint density at radius 1 is 0.960 bits per heavy atom. The Balaban J connectivity index is 2.14. The third-order valence-electron chi connectivity index (χ3n) is 5.28. The lowest BCUT2D eigenvalue weighted by atomic mass is 9.88. The predicted molar refractivity (Wildman–Crippen MR) is 102 cm³/mol. The number of ketones is 1. The highest BCUT2D eigenvalue weighted by Gasteiger charge is 2.39. The standard InChI is InChI=1S/C22H20O2Si/c1-14-6-4-5-7-17(14)22-18-10-8-15(23)12-20(18)25(2,3)21-13-16(24)9-11-19(21)22/h4-13,23H,1-3H3/p-1. The fraction of sp³-hybridized carbons (Fsp3) is 0.136. The van der Waals surface area contributed by atoms with Crippen LogP contribution >= 0.6 is 0 Å². The van der Waals surface area contributed by atoms with Crippen LogP contribution in [0.5, 0.6) is 5.75 Å². The molecule has 0 fully saturated rings. The molecule has 2 aromatic carbocycles. The second-order valence-corrected chi connectivity index (χ2v) is 11.6. The second kappa shape index (κ2) is 5.43. The van der Waals surface area contributed by atoms with Crippen LogP contribution in [0.2, 0.25) is 13.1 Å². The van der Waals surface area contributed by atoms with Crippen LogP contribution in [-0.2, 0) is 4.79 Å². The van der Waals surface area contributed by atoms with Gasteiger partial charge >= 0.3 is 0 Å². The van der Waals surface area contributed by atoms with E-state index in [0.29, 0.717) is 0 Å². The summed E-state index contributed by atoms with van der Waals surface area (Å²) in [6.07, 6.45) is 5.39. The number of aryl methyl sites for hydroxylation is 1. The van der Waals surface area contributed by atoms with E-state index < -0.39 is 8.07 Å². The molecule has 25 heavy (non-hydrogen) atoms. The zero-order valence-electron chi connectivity index (χ0n) is 14.6. The second-order valence-electron chi connectivity index (χ2n) is 7.23. The number of hydrogen-bond donors (Lipinski definition) is 0. The number of fused-ring (bicyclic) bond motifs is 2. The van der Waals surface area contributed by atoms with E-state index in [-0.39, 0.29) is 11.5 Å². The monoisotopic (exact) mass is 343 g/mol. The first-order valence-electron chi connectivity index (χ1n) is 8.46. The first kappa shape index (κ1) is 15.9. The summed E-state index contributed by atoms with van der Waals surface area (Å²) >= 11 is 0. The lowest BCUT2D eigenvalue weighted by Gasteiger charge is -2.38. The highest BCUT2D eigenvalue weighted by atomic mass is 28.3. The highest BCUT2D eigenvalue weighted by Crippen LogP contribution is 2.42. The minimum absolute atomic E-state index is 0.0326. The van der Waals surface area contributed by atoms with E-state index in [4.69, 9.17) is 0 Å². The van der Waals surface area contributed by atoms with Crippen LogP contribution in [0.1, 0.15) is 16.7 Å². The lowest BCUT2D eigenvalue weighted by Crippen LogP contribution is -2.49. The molecule has 0 amide bonds. The van der Waals surface area contributed by atoms with Gasteiger partial charge in [-0.3, -0.25) is 4.79 Å². The fourth-order valence-electron chi connectivity index (χ4n) is 3.95. The summed E-state index contributed by atoms with van der Waals surface area (Å²) in [4.78, 5) is 12.1. The molecule has 2 aromatic rings. The van der Waals surface area contributed by atoms with Crippen molar-refractivity contribution in [2.24, 2.45) is 0 Å². The summed E-state index contributed by atoms with van der Waals surface area (Å²) in [5.41, 5.74) is 5.75. The molecule has 0 atom stereocenters. The Bertz CT molecular complexity index is 1010. The molecule has 4 rings (SSSR count). The van der Waals surface area contributed by atoms with Crippen molar-refractivity contribution in [2.45, 2.75) is 20.0 Å². The topological polar surface area (TPSA) is 40.1 Å². The molecule has 2 aliphatic rings. The third-order valence-corrected chi connectivity index (χ3v) is 8.80. The predicted octanol–water partition coefficient (Wildman–Crippen LogP) is 3.40. The van der Waals surface area contributed by atoms with Crippen molar-refractivity contribution < 1.29 is 9.90 Å². The van der Waals surface area contributed by atoms with Crippen LogP contribution in [-0.4, -0.2) is 13.9 Å². The SMILES string of the molecule is Cc1ccccc1C1=C2C=CC(=O)C=C2[Si](C)(C)c2cc([O-])ccc21. The van der Waals surface area contributed by atoms with Gasteiger partial charge in [0, 0.05) is 0 Å². The largest absolute Gasteiger partial charge is 0.872 e. The fourth-order valence-corrected chi connectivity index (χ4v) is 7.01. The quantitative estimate of drug-likeness (QED) is 0.745. The molecule has 1 aliphatic carbocycles. The van der Waals surface area contributed by atoms with Crippen LogP contribution in [0.3, 0.4) is 0 Å². The maximum atomic E-state index is 12.1. The molecule has 0 spiro atoms. The van der Waals surface area contributed by atoms with Crippen LogP contribution in [0, 0.1) is 6.92 Å². The number of carbonyl (C=O) groups is 1. The molecule has 1 aliphatic heterocycles. The van der Waals surface area contributed by atoms with Gasteiger partial charge in [-0.15, -0.1) is 5.75 Å². The molecule has 0 radical (unpaired) electrons. The van der Waals surface area contributed by atoms with Gasteiger partial charge in [0.2, 0.25) is 0 Å². The molecule has 0 unspecified atom stereocenters. The smallest absolute Gasteiger partial charge is 0.178 e. The number of hydrogen-bond acceptors (Lipinski definition) is 2. The Morgan fingerprint density at radius 3 is 2.48 bits per heavy atom. The van der Waals surface area contributed by atoms with Gasteiger partial charge < -0.3 is 5.11 Å². The minimum Gasteiger partial charge on any atom is -0.872 e.